The van der Waals surface area contributed by atoms with Gasteiger partial charge in [0.2, 0.25) is 0 Å². The number of pyridine rings is 1. The molecule has 3 heterocycles. The summed E-state index contributed by atoms with van der Waals surface area (Å²) in [6.07, 6.45) is 4.27. The summed E-state index contributed by atoms with van der Waals surface area (Å²) in [6, 6.07) is 20.3. The minimum absolute atomic E-state index is 0.00678. The Morgan fingerprint density at radius 3 is 2.35 bits per heavy atom. The smallest absolute Gasteiger partial charge is 0.272 e. The number of rotatable bonds is 9. The normalized spacial score (nSPS) is 13.2. The van der Waals surface area contributed by atoms with E-state index in [-0.39, 0.29) is 5.91 Å². The van der Waals surface area contributed by atoms with Crippen molar-refractivity contribution in [2.75, 3.05) is 19.6 Å². The maximum Gasteiger partial charge on any atom is 0.272 e. The summed E-state index contributed by atoms with van der Waals surface area (Å²) < 4.78 is 7.90. The van der Waals surface area contributed by atoms with Crippen LogP contribution in [0.4, 0.5) is 0 Å². The number of carbonyl (C=O) groups excluding carboxylic acids is 1. The van der Waals surface area contributed by atoms with Gasteiger partial charge in [0.25, 0.3) is 5.91 Å². The second-order valence-corrected chi connectivity index (χ2v) is 9.68. The monoisotopic (exact) mass is 495 g/mol. The molecule has 0 bridgehead atoms. The molecule has 37 heavy (non-hydrogen) atoms. The number of nitrogens with two attached hydrogens (primary N) is 1. The van der Waals surface area contributed by atoms with Crippen LogP contribution in [0.15, 0.2) is 73.1 Å². The van der Waals surface area contributed by atoms with Crippen LogP contribution in [0.25, 0.3) is 22.4 Å². The largest absolute Gasteiger partial charge is 0.489 e. The van der Waals surface area contributed by atoms with Gasteiger partial charge in [-0.05, 0) is 59.8 Å². The molecule has 0 atom stereocenters. The van der Waals surface area contributed by atoms with Gasteiger partial charge in [-0.2, -0.15) is 5.10 Å². The van der Waals surface area contributed by atoms with Crippen LogP contribution in [0.3, 0.4) is 0 Å². The van der Waals surface area contributed by atoms with E-state index in [1.165, 1.54) is 5.56 Å². The number of benzene rings is 2. The topological polar surface area (TPSA) is 86.3 Å². The van der Waals surface area contributed by atoms with Crippen LogP contribution in [-0.4, -0.2) is 45.2 Å². The lowest BCUT2D eigenvalue weighted by molar-refractivity contribution is 0.0698. The van der Waals surface area contributed by atoms with Crippen molar-refractivity contribution in [3.05, 3.63) is 89.9 Å². The summed E-state index contributed by atoms with van der Waals surface area (Å²) in [5.41, 5.74) is 12.2. The van der Waals surface area contributed by atoms with Crippen molar-refractivity contribution in [1.29, 1.82) is 0 Å². The second-order valence-electron chi connectivity index (χ2n) is 9.68. The molecule has 2 aromatic heterocycles. The Morgan fingerprint density at radius 1 is 0.946 bits per heavy atom. The summed E-state index contributed by atoms with van der Waals surface area (Å²) in [6.45, 7) is 7.37. The number of nitrogens with zero attached hydrogens (tertiary/aromatic N) is 4. The fourth-order valence-electron chi connectivity index (χ4n) is 4.67. The summed E-state index contributed by atoms with van der Waals surface area (Å²) in [7, 11) is 0. The van der Waals surface area contributed by atoms with Crippen molar-refractivity contribution >= 4 is 5.91 Å². The first-order chi connectivity index (χ1) is 18.0. The molecule has 0 fully saturated rings. The van der Waals surface area contributed by atoms with Crippen molar-refractivity contribution in [3.63, 3.8) is 0 Å². The highest BCUT2D eigenvalue weighted by molar-refractivity contribution is 6.03. The second kappa shape index (κ2) is 11.0. The maximum atomic E-state index is 13.5. The first-order valence-corrected chi connectivity index (χ1v) is 12.9. The SMILES string of the molecule is CC(C)c1ccc(COc2ccc(-c3c(-c4ccncc4)nn4c3C(=O)N(CCCN)CC4)cc2)cc1. The molecule has 7 nitrogen and oxygen atoms in total. The van der Waals surface area contributed by atoms with Crippen molar-refractivity contribution in [1.82, 2.24) is 19.7 Å². The molecule has 1 aliphatic rings. The summed E-state index contributed by atoms with van der Waals surface area (Å²) in [4.78, 5) is 19.6. The molecule has 0 spiro atoms. The van der Waals surface area contributed by atoms with Crippen LogP contribution in [0.2, 0.25) is 0 Å². The Hall–Kier alpha value is -3.97. The lowest BCUT2D eigenvalue weighted by Crippen LogP contribution is -2.41. The molecule has 1 amide bonds. The van der Waals surface area contributed by atoms with Gasteiger partial charge in [-0.15, -0.1) is 0 Å². The zero-order chi connectivity index (χ0) is 25.8. The van der Waals surface area contributed by atoms with Crippen LogP contribution in [0, 0.1) is 0 Å². The van der Waals surface area contributed by atoms with Gasteiger partial charge in [0.1, 0.15) is 23.7 Å². The van der Waals surface area contributed by atoms with Crippen LogP contribution in [0.1, 0.15) is 47.8 Å². The number of hydrogen-bond acceptors (Lipinski definition) is 5. The highest BCUT2D eigenvalue weighted by atomic mass is 16.5. The Labute approximate surface area is 217 Å². The van der Waals surface area contributed by atoms with Gasteiger partial charge in [-0.3, -0.25) is 14.5 Å². The van der Waals surface area contributed by atoms with Crippen LogP contribution in [0.5, 0.6) is 5.75 Å². The molecule has 0 saturated carbocycles. The molecular formula is C30H33N5O2. The van der Waals surface area contributed by atoms with E-state index in [0.717, 1.165) is 40.1 Å². The Kier molecular flexibility index (Phi) is 7.32. The number of hydrogen-bond donors (Lipinski definition) is 1. The summed E-state index contributed by atoms with van der Waals surface area (Å²) >= 11 is 0. The number of amides is 1. The van der Waals surface area contributed by atoms with Gasteiger partial charge in [0.05, 0.1) is 6.54 Å². The van der Waals surface area contributed by atoms with E-state index < -0.39 is 0 Å². The average Bonchev–Trinajstić information content (AvgIpc) is 3.33. The number of carbonyl (C=O) groups is 1. The molecular weight excluding hydrogens is 462 g/mol. The summed E-state index contributed by atoms with van der Waals surface area (Å²) in [5.74, 6) is 1.28. The van der Waals surface area contributed by atoms with Gasteiger partial charge in [-0.25, -0.2) is 0 Å². The fraction of sp³-hybridized carbons (Fsp3) is 0.300. The molecule has 0 saturated heterocycles. The van der Waals surface area contributed by atoms with Gasteiger partial charge in [-0.1, -0.05) is 50.2 Å². The predicted molar refractivity (Wildman–Crippen MR) is 145 cm³/mol. The van der Waals surface area contributed by atoms with Crippen LogP contribution < -0.4 is 10.5 Å². The fourth-order valence-corrected chi connectivity index (χ4v) is 4.67. The minimum atomic E-state index is -0.00678. The number of fused-ring (bicyclic) bond motifs is 1. The third-order valence-electron chi connectivity index (χ3n) is 6.80. The van der Waals surface area contributed by atoms with Crippen molar-refractivity contribution < 1.29 is 9.53 Å². The highest BCUT2D eigenvalue weighted by Gasteiger charge is 2.32. The van der Waals surface area contributed by atoms with Gasteiger partial charge >= 0.3 is 0 Å². The van der Waals surface area contributed by atoms with E-state index >= 15 is 0 Å². The van der Waals surface area contributed by atoms with E-state index in [1.807, 2.05) is 46.0 Å². The van der Waals surface area contributed by atoms with Crippen LogP contribution in [-0.2, 0) is 13.2 Å². The lowest BCUT2D eigenvalue weighted by Gasteiger charge is -2.28. The molecule has 0 unspecified atom stereocenters. The molecule has 0 radical (unpaired) electrons. The van der Waals surface area contributed by atoms with E-state index in [9.17, 15) is 4.79 Å². The first-order valence-electron chi connectivity index (χ1n) is 12.9. The van der Waals surface area contributed by atoms with E-state index in [1.54, 1.807) is 12.4 Å². The van der Waals surface area contributed by atoms with Crippen molar-refractivity contribution in [3.8, 4) is 28.1 Å². The molecule has 4 aromatic rings. The third-order valence-corrected chi connectivity index (χ3v) is 6.80. The van der Waals surface area contributed by atoms with E-state index in [2.05, 4.69) is 43.1 Å². The van der Waals surface area contributed by atoms with E-state index in [0.29, 0.717) is 44.4 Å². The number of aromatic nitrogens is 3. The van der Waals surface area contributed by atoms with Gasteiger partial charge in [0.15, 0.2) is 0 Å². The first kappa shape index (κ1) is 24.7. The molecule has 2 N–H and O–H groups in total. The lowest BCUT2D eigenvalue weighted by atomic mass is 9.98. The van der Waals surface area contributed by atoms with Crippen LogP contribution >= 0.6 is 0 Å². The molecule has 1 aliphatic heterocycles. The predicted octanol–water partition coefficient (Wildman–Crippen LogP) is 5.12. The van der Waals surface area contributed by atoms with Crippen molar-refractivity contribution in [2.24, 2.45) is 5.73 Å². The van der Waals surface area contributed by atoms with E-state index in [4.69, 9.17) is 15.6 Å². The molecule has 2 aromatic carbocycles. The molecule has 7 heteroatoms. The zero-order valence-electron chi connectivity index (χ0n) is 21.4. The minimum Gasteiger partial charge on any atom is -0.489 e. The summed E-state index contributed by atoms with van der Waals surface area (Å²) in [5, 5.41) is 4.87. The molecule has 0 aliphatic carbocycles. The quantitative estimate of drug-likeness (QED) is 0.348. The standard InChI is InChI=1S/C30H33N5O2/c1-21(2)23-6-4-22(5-7-23)20-37-26-10-8-24(9-11-26)27-28(25-12-15-32-16-13-25)33-35-19-18-34(17-3-14-31)30(36)29(27)35/h4-13,15-16,21H,3,14,17-20,31H2,1-2H3. The Morgan fingerprint density at radius 2 is 1.68 bits per heavy atom. The van der Waals surface area contributed by atoms with Gasteiger partial charge in [0, 0.05) is 36.6 Å². The zero-order valence-corrected chi connectivity index (χ0v) is 21.4. The highest BCUT2D eigenvalue weighted by Crippen LogP contribution is 2.37. The number of ether oxygens (including phenoxy) is 1. The third kappa shape index (κ3) is 5.27. The Bertz CT molecular complexity index is 1350. The average molecular weight is 496 g/mol. The Balaban J connectivity index is 1.43. The molecule has 190 valence electrons. The molecule has 5 rings (SSSR count). The van der Waals surface area contributed by atoms with Crippen molar-refractivity contribution in [2.45, 2.75) is 39.3 Å². The maximum absolute atomic E-state index is 13.5. The van der Waals surface area contributed by atoms with Gasteiger partial charge < -0.3 is 15.4 Å².